The van der Waals surface area contributed by atoms with E-state index in [0.717, 1.165) is 31.4 Å². The van der Waals surface area contributed by atoms with Gasteiger partial charge in [0.05, 0.1) is 0 Å². The molecule has 0 radical (unpaired) electrons. The second-order valence-corrected chi connectivity index (χ2v) is 5.18. The average molecular weight is 290 g/mol. The van der Waals surface area contributed by atoms with Crippen LogP contribution in [-0.4, -0.2) is 6.04 Å². The van der Waals surface area contributed by atoms with E-state index in [2.05, 4.69) is 17.6 Å². The number of rotatable bonds is 7. The smallest absolute Gasteiger partial charge is 0.126 e. The Morgan fingerprint density at radius 3 is 2.52 bits per heavy atom. The zero-order valence-electron chi connectivity index (χ0n) is 11.9. The van der Waals surface area contributed by atoms with Gasteiger partial charge in [-0.2, -0.15) is 0 Å². The Labute approximate surface area is 124 Å². The molecule has 2 aromatic rings. The van der Waals surface area contributed by atoms with E-state index in [1.807, 2.05) is 18.2 Å². The van der Waals surface area contributed by atoms with Crippen LogP contribution in [-0.2, 0) is 12.8 Å². The summed E-state index contributed by atoms with van der Waals surface area (Å²) in [5.74, 6) is 4.71. The summed E-state index contributed by atoms with van der Waals surface area (Å²) >= 11 is 0. The molecule has 0 spiro atoms. The van der Waals surface area contributed by atoms with Gasteiger partial charge in [-0.1, -0.05) is 30.3 Å². The molecule has 0 fully saturated rings. The number of halogens is 2. The highest BCUT2D eigenvalue weighted by molar-refractivity contribution is 5.20. The zero-order valence-corrected chi connectivity index (χ0v) is 11.9. The van der Waals surface area contributed by atoms with Gasteiger partial charge in [0.2, 0.25) is 0 Å². The molecule has 1 atom stereocenters. The number of nitrogens with two attached hydrogens (primary N) is 1. The van der Waals surface area contributed by atoms with Crippen LogP contribution in [0.3, 0.4) is 0 Å². The Morgan fingerprint density at radius 2 is 1.81 bits per heavy atom. The molecule has 0 saturated heterocycles. The van der Waals surface area contributed by atoms with Gasteiger partial charge in [-0.15, -0.1) is 0 Å². The first-order chi connectivity index (χ1) is 10.2. The molecule has 0 aliphatic heterocycles. The monoisotopic (exact) mass is 290 g/mol. The maximum absolute atomic E-state index is 13.6. The Morgan fingerprint density at radius 1 is 1.05 bits per heavy atom. The summed E-state index contributed by atoms with van der Waals surface area (Å²) in [7, 11) is 0. The highest BCUT2D eigenvalue weighted by Gasteiger charge is 2.12. The maximum atomic E-state index is 13.6. The average Bonchev–Trinajstić information content (AvgIpc) is 2.51. The van der Waals surface area contributed by atoms with E-state index in [-0.39, 0.29) is 11.9 Å². The van der Waals surface area contributed by atoms with Gasteiger partial charge >= 0.3 is 0 Å². The summed E-state index contributed by atoms with van der Waals surface area (Å²) in [5.41, 5.74) is 4.32. The molecule has 0 amide bonds. The van der Waals surface area contributed by atoms with E-state index in [1.54, 1.807) is 0 Å². The minimum Gasteiger partial charge on any atom is -0.271 e. The van der Waals surface area contributed by atoms with E-state index in [9.17, 15) is 8.78 Å². The fourth-order valence-electron chi connectivity index (χ4n) is 2.41. The Hall–Kier alpha value is -1.78. The van der Waals surface area contributed by atoms with Gasteiger partial charge < -0.3 is 0 Å². The molecule has 0 bridgehead atoms. The largest absolute Gasteiger partial charge is 0.271 e. The lowest BCUT2D eigenvalue weighted by Crippen LogP contribution is -2.37. The first kappa shape index (κ1) is 15.6. The van der Waals surface area contributed by atoms with Crippen LogP contribution in [0.2, 0.25) is 0 Å². The van der Waals surface area contributed by atoms with Crippen LogP contribution in [0.25, 0.3) is 0 Å². The van der Waals surface area contributed by atoms with Crippen LogP contribution in [0.1, 0.15) is 24.0 Å². The standard InChI is InChI=1S/C17H20F2N2/c18-15-9-10-17(19)14(11-15)12-16(21-20)8-4-7-13-5-2-1-3-6-13/h1-3,5-6,9-11,16,21H,4,7-8,12,20H2. The third kappa shape index (κ3) is 4.92. The minimum absolute atomic E-state index is 0.0648. The van der Waals surface area contributed by atoms with E-state index < -0.39 is 5.82 Å². The van der Waals surface area contributed by atoms with Gasteiger partial charge in [-0.05, 0) is 55.0 Å². The van der Waals surface area contributed by atoms with Crippen molar-refractivity contribution in [2.75, 3.05) is 0 Å². The van der Waals surface area contributed by atoms with E-state index in [4.69, 9.17) is 5.84 Å². The molecule has 0 heterocycles. The van der Waals surface area contributed by atoms with Crippen molar-refractivity contribution in [1.29, 1.82) is 0 Å². The Kier molecular flexibility index (Phi) is 5.84. The lowest BCUT2D eigenvalue weighted by Gasteiger charge is -2.16. The predicted molar refractivity (Wildman–Crippen MR) is 80.6 cm³/mol. The van der Waals surface area contributed by atoms with E-state index in [0.29, 0.717) is 12.0 Å². The van der Waals surface area contributed by atoms with Crippen molar-refractivity contribution in [2.24, 2.45) is 5.84 Å². The van der Waals surface area contributed by atoms with Crippen LogP contribution in [0, 0.1) is 11.6 Å². The summed E-state index contributed by atoms with van der Waals surface area (Å²) in [6.45, 7) is 0. The maximum Gasteiger partial charge on any atom is 0.126 e. The summed E-state index contributed by atoms with van der Waals surface area (Å²) in [4.78, 5) is 0. The van der Waals surface area contributed by atoms with Gasteiger partial charge in [0, 0.05) is 6.04 Å². The highest BCUT2D eigenvalue weighted by atomic mass is 19.1. The van der Waals surface area contributed by atoms with Gasteiger partial charge in [0.15, 0.2) is 0 Å². The molecule has 2 rings (SSSR count). The normalized spacial score (nSPS) is 12.3. The summed E-state index contributed by atoms with van der Waals surface area (Å²) < 4.78 is 26.8. The fraction of sp³-hybridized carbons (Fsp3) is 0.294. The lowest BCUT2D eigenvalue weighted by atomic mass is 9.99. The first-order valence-electron chi connectivity index (χ1n) is 7.13. The number of hydrazine groups is 1. The third-order valence-electron chi connectivity index (χ3n) is 3.57. The number of nitrogens with one attached hydrogen (secondary N) is 1. The molecule has 0 saturated carbocycles. The lowest BCUT2D eigenvalue weighted by molar-refractivity contribution is 0.465. The fourth-order valence-corrected chi connectivity index (χ4v) is 2.41. The van der Waals surface area contributed by atoms with Crippen LogP contribution >= 0.6 is 0 Å². The zero-order chi connectivity index (χ0) is 15.1. The minimum atomic E-state index is -0.425. The van der Waals surface area contributed by atoms with Crippen molar-refractivity contribution in [3.8, 4) is 0 Å². The second-order valence-electron chi connectivity index (χ2n) is 5.18. The van der Waals surface area contributed by atoms with Gasteiger partial charge in [-0.25, -0.2) is 8.78 Å². The molecule has 0 aromatic heterocycles. The summed E-state index contributed by atoms with van der Waals surface area (Å²) in [6.07, 6.45) is 3.08. The molecule has 2 aromatic carbocycles. The highest BCUT2D eigenvalue weighted by Crippen LogP contribution is 2.14. The molecule has 2 nitrogen and oxygen atoms in total. The number of aryl methyl sites for hydroxylation is 1. The molecule has 112 valence electrons. The van der Waals surface area contributed by atoms with Crippen LogP contribution in [0.5, 0.6) is 0 Å². The SMILES string of the molecule is NNC(CCCc1ccccc1)Cc1cc(F)ccc1F. The Balaban J connectivity index is 1.87. The Bertz CT molecular complexity index is 558. The quantitative estimate of drug-likeness (QED) is 0.606. The van der Waals surface area contributed by atoms with Crippen molar-refractivity contribution >= 4 is 0 Å². The van der Waals surface area contributed by atoms with Gasteiger partial charge in [0.1, 0.15) is 11.6 Å². The first-order valence-corrected chi connectivity index (χ1v) is 7.13. The van der Waals surface area contributed by atoms with Gasteiger partial charge in [-0.3, -0.25) is 11.3 Å². The van der Waals surface area contributed by atoms with Crippen molar-refractivity contribution in [3.05, 3.63) is 71.3 Å². The van der Waals surface area contributed by atoms with Crippen molar-refractivity contribution in [3.63, 3.8) is 0 Å². The number of hydrogen-bond acceptors (Lipinski definition) is 2. The van der Waals surface area contributed by atoms with Crippen molar-refractivity contribution in [2.45, 2.75) is 31.7 Å². The molecule has 3 N–H and O–H groups in total. The second kappa shape index (κ2) is 7.86. The van der Waals surface area contributed by atoms with Crippen molar-refractivity contribution < 1.29 is 8.78 Å². The van der Waals surface area contributed by atoms with E-state index in [1.165, 1.54) is 11.6 Å². The molecular formula is C17H20F2N2. The molecular weight excluding hydrogens is 270 g/mol. The topological polar surface area (TPSA) is 38.0 Å². The molecule has 0 aliphatic rings. The van der Waals surface area contributed by atoms with Crippen LogP contribution < -0.4 is 11.3 Å². The van der Waals surface area contributed by atoms with E-state index >= 15 is 0 Å². The summed E-state index contributed by atoms with van der Waals surface area (Å²) in [6, 6.07) is 13.6. The van der Waals surface area contributed by atoms with Crippen molar-refractivity contribution in [1.82, 2.24) is 5.43 Å². The summed E-state index contributed by atoms with van der Waals surface area (Å²) in [5, 5.41) is 0. The van der Waals surface area contributed by atoms with Crippen LogP contribution in [0.4, 0.5) is 8.78 Å². The molecule has 1 unspecified atom stereocenters. The number of benzene rings is 2. The molecule has 0 aliphatic carbocycles. The predicted octanol–water partition coefficient (Wildman–Crippen LogP) is 3.36. The molecule has 21 heavy (non-hydrogen) atoms. The van der Waals surface area contributed by atoms with Crippen LogP contribution in [0.15, 0.2) is 48.5 Å². The third-order valence-corrected chi connectivity index (χ3v) is 3.57. The van der Waals surface area contributed by atoms with Gasteiger partial charge in [0.25, 0.3) is 0 Å². The molecule has 4 heteroatoms. The number of hydrogen-bond donors (Lipinski definition) is 2.